The van der Waals surface area contributed by atoms with Gasteiger partial charge >= 0.3 is 11.9 Å². The molecule has 4 unspecified atom stereocenters. The lowest BCUT2D eigenvalue weighted by Crippen LogP contribution is -2.47. The Balaban J connectivity index is 2.34. The molecule has 38 heavy (non-hydrogen) atoms. The van der Waals surface area contributed by atoms with Crippen LogP contribution < -0.4 is 0 Å². The third-order valence-corrected chi connectivity index (χ3v) is 6.80. The van der Waals surface area contributed by atoms with Crippen LogP contribution in [0.1, 0.15) is 44.9 Å². The van der Waals surface area contributed by atoms with Gasteiger partial charge in [0.25, 0.3) is 0 Å². The summed E-state index contributed by atoms with van der Waals surface area (Å²) in [5.41, 5.74) is 0. The summed E-state index contributed by atoms with van der Waals surface area (Å²) in [6, 6.07) is 0. The van der Waals surface area contributed by atoms with Gasteiger partial charge in [-0.15, -0.1) is 0 Å². The zero-order chi connectivity index (χ0) is 28.7. The number of likely N-dealkylation sites (N-methyl/N-ethyl adjacent to an activating group) is 2. The number of amides is 2. The van der Waals surface area contributed by atoms with Crippen molar-refractivity contribution in [3.63, 3.8) is 0 Å². The molecule has 1 fully saturated rings. The van der Waals surface area contributed by atoms with E-state index in [1.54, 1.807) is 14.1 Å². The number of methoxy groups -OCH3 is 1. The van der Waals surface area contributed by atoms with Crippen LogP contribution in [0.15, 0.2) is 25.3 Å². The van der Waals surface area contributed by atoms with E-state index in [-0.39, 0.29) is 30.4 Å². The lowest BCUT2D eigenvalue weighted by Gasteiger charge is -2.37. The van der Waals surface area contributed by atoms with Crippen molar-refractivity contribution in [3.05, 3.63) is 25.3 Å². The second kappa shape index (κ2) is 17.7. The maximum atomic E-state index is 11.8. The molecule has 4 atom stereocenters. The predicted molar refractivity (Wildman–Crippen MR) is 141 cm³/mol. The van der Waals surface area contributed by atoms with Crippen molar-refractivity contribution in [3.8, 4) is 0 Å². The van der Waals surface area contributed by atoms with Gasteiger partial charge in [0.1, 0.15) is 0 Å². The Morgan fingerprint density at radius 1 is 0.868 bits per heavy atom. The summed E-state index contributed by atoms with van der Waals surface area (Å²) in [4.78, 5) is 49.8. The highest BCUT2D eigenvalue weighted by Gasteiger charge is 2.46. The van der Waals surface area contributed by atoms with Crippen LogP contribution in [0, 0.1) is 11.8 Å². The molecule has 0 saturated heterocycles. The smallest absolute Gasteiger partial charge is 0.310 e. The lowest BCUT2D eigenvalue weighted by molar-refractivity contribution is -0.169. The Labute approximate surface area is 225 Å². The molecule has 11 nitrogen and oxygen atoms in total. The van der Waals surface area contributed by atoms with Gasteiger partial charge in [-0.2, -0.15) is 0 Å². The number of aliphatic carboxylic acids is 2. The van der Waals surface area contributed by atoms with E-state index in [2.05, 4.69) is 13.2 Å². The number of carboxylic acids is 2. The minimum atomic E-state index is -1.16. The molecule has 0 aromatic carbocycles. The average Bonchev–Trinajstić information content (AvgIpc) is 2.89. The Kier molecular flexibility index (Phi) is 15.5. The van der Waals surface area contributed by atoms with E-state index < -0.39 is 29.9 Å². The standard InChI is InChI=1S/C27H44N2O9/c1-6-23(30)28(3)17-20(18-29(4)24(31)7-2)38-14-12-10-8-9-11-13-37-19-15-21(26(32)33)25(27(34)35)22(16-19)36-5/h6-7,19-22,25H,1-2,8-18H2,3-5H3,(H,32,33)(H,34,35). The van der Waals surface area contributed by atoms with Crippen molar-refractivity contribution in [1.29, 1.82) is 0 Å². The summed E-state index contributed by atoms with van der Waals surface area (Å²) in [6.07, 6.45) is 6.07. The summed E-state index contributed by atoms with van der Waals surface area (Å²) < 4.78 is 17.1. The van der Waals surface area contributed by atoms with E-state index in [0.717, 1.165) is 32.1 Å². The van der Waals surface area contributed by atoms with Crippen LogP contribution in [0.2, 0.25) is 0 Å². The number of carbonyl (C=O) groups is 4. The molecular formula is C27H44N2O9. The van der Waals surface area contributed by atoms with Gasteiger partial charge < -0.3 is 34.2 Å². The van der Waals surface area contributed by atoms with Gasteiger partial charge in [-0.05, 0) is 31.4 Å². The first-order chi connectivity index (χ1) is 18.0. The highest BCUT2D eigenvalue weighted by molar-refractivity contribution is 5.87. The predicted octanol–water partition coefficient (Wildman–Crippen LogP) is 2.21. The molecule has 0 aromatic heterocycles. The molecule has 0 bridgehead atoms. The van der Waals surface area contributed by atoms with Gasteiger partial charge in [0.15, 0.2) is 0 Å². The lowest BCUT2D eigenvalue weighted by atomic mass is 9.75. The monoisotopic (exact) mass is 540 g/mol. The first kappa shape index (κ1) is 33.3. The van der Waals surface area contributed by atoms with E-state index in [0.29, 0.717) is 32.7 Å². The third kappa shape index (κ3) is 11.3. The molecule has 2 N–H and O–H groups in total. The van der Waals surface area contributed by atoms with E-state index in [4.69, 9.17) is 14.2 Å². The molecule has 0 aliphatic heterocycles. The molecule has 0 aromatic rings. The van der Waals surface area contributed by atoms with Gasteiger partial charge in [-0.3, -0.25) is 19.2 Å². The van der Waals surface area contributed by atoms with Crippen LogP contribution in [0.3, 0.4) is 0 Å². The van der Waals surface area contributed by atoms with Crippen LogP contribution in [-0.2, 0) is 33.4 Å². The molecule has 0 heterocycles. The molecule has 11 heteroatoms. The molecule has 2 amide bonds. The van der Waals surface area contributed by atoms with Crippen molar-refractivity contribution in [1.82, 2.24) is 9.80 Å². The van der Waals surface area contributed by atoms with Crippen LogP contribution in [0.25, 0.3) is 0 Å². The molecule has 1 aliphatic rings. The van der Waals surface area contributed by atoms with E-state index in [1.165, 1.54) is 29.1 Å². The fraction of sp³-hybridized carbons (Fsp3) is 0.704. The molecule has 1 aliphatic carbocycles. The van der Waals surface area contributed by atoms with Crippen molar-refractivity contribution < 1.29 is 43.6 Å². The number of hydrogen-bond acceptors (Lipinski definition) is 7. The highest BCUT2D eigenvalue weighted by Crippen LogP contribution is 2.34. The normalized spacial score (nSPS) is 21.1. The molecule has 0 radical (unpaired) electrons. The highest BCUT2D eigenvalue weighted by atomic mass is 16.5. The van der Waals surface area contributed by atoms with Crippen LogP contribution in [0.4, 0.5) is 0 Å². The van der Waals surface area contributed by atoms with Crippen LogP contribution in [0.5, 0.6) is 0 Å². The quantitative estimate of drug-likeness (QED) is 0.186. The van der Waals surface area contributed by atoms with Crippen LogP contribution in [-0.4, -0.2) is 110 Å². The van der Waals surface area contributed by atoms with Gasteiger partial charge in [-0.1, -0.05) is 32.4 Å². The summed E-state index contributed by atoms with van der Waals surface area (Å²) in [7, 11) is 4.71. The topological polar surface area (TPSA) is 143 Å². The Morgan fingerprint density at radius 3 is 1.87 bits per heavy atom. The summed E-state index contributed by atoms with van der Waals surface area (Å²) in [5, 5.41) is 18.9. The summed E-state index contributed by atoms with van der Waals surface area (Å²) in [6.45, 7) is 8.61. The fourth-order valence-electron chi connectivity index (χ4n) is 4.66. The molecular weight excluding hydrogens is 496 g/mol. The van der Waals surface area contributed by atoms with Gasteiger partial charge in [-0.25, -0.2) is 0 Å². The second-order valence-corrected chi connectivity index (χ2v) is 9.65. The second-order valence-electron chi connectivity index (χ2n) is 9.65. The van der Waals surface area contributed by atoms with Gasteiger partial charge in [0, 0.05) is 53.9 Å². The van der Waals surface area contributed by atoms with Crippen molar-refractivity contribution in [2.45, 2.75) is 63.3 Å². The fourth-order valence-corrected chi connectivity index (χ4v) is 4.66. The first-order valence-electron chi connectivity index (χ1n) is 13.0. The van der Waals surface area contributed by atoms with Gasteiger partial charge in [0.2, 0.25) is 11.8 Å². The Bertz CT molecular complexity index is 775. The van der Waals surface area contributed by atoms with Gasteiger partial charge in [0.05, 0.1) is 30.1 Å². The zero-order valence-electron chi connectivity index (χ0n) is 22.9. The zero-order valence-corrected chi connectivity index (χ0v) is 22.9. The van der Waals surface area contributed by atoms with E-state index in [9.17, 15) is 29.4 Å². The maximum absolute atomic E-state index is 11.8. The summed E-state index contributed by atoms with van der Waals surface area (Å²) >= 11 is 0. The van der Waals surface area contributed by atoms with Crippen LogP contribution >= 0.6 is 0 Å². The Morgan fingerprint density at radius 2 is 1.39 bits per heavy atom. The number of nitrogens with zero attached hydrogens (tertiary/aromatic N) is 2. The minimum Gasteiger partial charge on any atom is -0.481 e. The first-order valence-corrected chi connectivity index (χ1v) is 13.0. The largest absolute Gasteiger partial charge is 0.481 e. The minimum absolute atomic E-state index is 0.159. The third-order valence-electron chi connectivity index (χ3n) is 6.80. The molecule has 0 spiro atoms. The molecule has 216 valence electrons. The molecule has 1 rings (SSSR count). The SMILES string of the molecule is C=CC(=O)N(C)CC(CN(C)C(=O)C=C)OCCCCCCCOC1CC(OC)C(C(=O)O)C(C(=O)O)C1. The number of carbonyl (C=O) groups excluding carboxylic acids is 2. The average molecular weight is 541 g/mol. The Hall–Kier alpha value is -2.76. The number of carboxylic acid groups (broad SMARTS) is 2. The number of rotatable bonds is 19. The van der Waals surface area contributed by atoms with Crippen molar-refractivity contribution >= 4 is 23.8 Å². The maximum Gasteiger partial charge on any atom is 0.310 e. The number of ether oxygens (including phenoxy) is 3. The van der Waals surface area contributed by atoms with Crippen molar-refractivity contribution in [2.75, 3.05) is 47.5 Å². The summed E-state index contributed by atoms with van der Waals surface area (Å²) in [5.74, 6) is -4.86. The van der Waals surface area contributed by atoms with E-state index in [1.807, 2.05) is 0 Å². The van der Waals surface area contributed by atoms with Crippen molar-refractivity contribution in [2.24, 2.45) is 11.8 Å². The number of hydrogen-bond donors (Lipinski definition) is 2. The molecule has 1 saturated carbocycles. The van der Waals surface area contributed by atoms with E-state index >= 15 is 0 Å². The number of unbranched alkanes of at least 4 members (excludes halogenated alkanes) is 4.